The third-order valence-corrected chi connectivity index (χ3v) is 4.13. The second-order valence-corrected chi connectivity index (χ2v) is 6.45. The van der Waals surface area contributed by atoms with Crippen molar-refractivity contribution in [2.24, 2.45) is 0 Å². The Morgan fingerprint density at radius 1 is 1.12 bits per heavy atom. The van der Waals surface area contributed by atoms with E-state index in [4.69, 9.17) is 0 Å². The first-order valence-electron chi connectivity index (χ1n) is 7.41. The Morgan fingerprint density at radius 2 is 1.75 bits per heavy atom. The fourth-order valence-corrected chi connectivity index (χ4v) is 2.87. The van der Waals surface area contributed by atoms with E-state index in [1.807, 2.05) is 30.3 Å². The van der Waals surface area contributed by atoms with Crippen molar-refractivity contribution >= 4 is 29.5 Å². The molecule has 1 rings (SSSR count). The molecule has 0 spiro atoms. The van der Waals surface area contributed by atoms with Crippen LogP contribution in [-0.4, -0.2) is 34.7 Å². The topological polar surface area (TPSA) is 95.5 Å². The molecule has 130 valence electrons. The zero-order chi connectivity index (χ0) is 18.1. The fourth-order valence-electron chi connectivity index (χ4n) is 1.86. The highest BCUT2D eigenvalue weighted by Crippen LogP contribution is 2.13. The Hall–Kier alpha value is -2.28. The summed E-state index contributed by atoms with van der Waals surface area (Å²) >= 11 is 1.42. The van der Waals surface area contributed by atoms with Gasteiger partial charge in [-0.25, -0.2) is 4.79 Å². The lowest BCUT2D eigenvalue weighted by Gasteiger charge is -2.17. The normalized spacial score (nSPS) is 11.3. The van der Waals surface area contributed by atoms with Crippen LogP contribution >= 0.6 is 11.8 Å². The van der Waals surface area contributed by atoms with Gasteiger partial charge in [0.25, 0.3) is 5.91 Å². The summed E-state index contributed by atoms with van der Waals surface area (Å²) in [5, 5.41) is 14.2. The van der Waals surface area contributed by atoms with E-state index >= 15 is 0 Å². The largest absolute Gasteiger partial charge is 0.480 e. The van der Waals surface area contributed by atoms with Gasteiger partial charge < -0.3 is 15.7 Å². The maximum Gasteiger partial charge on any atom is 0.327 e. The summed E-state index contributed by atoms with van der Waals surface area (Å²) in [4.78, 5) is 34.7. The standard InChI is InChI=1S/C17H22N2O4S/c1-11(2)15(18-12(3)20)16(21)19-14(17(22)23)10-24-9-13-7-5-4-6-8-13/h4-8,14H,9-10H2,1-3H3,(H,18,20)(H,19,21)(H,22,23). The first-order chi connectivity index (χ1) is 11.3. The van der Waals surface area contributed by atoms with E-state index < -0.39 is 17.9 Å². The fraction of sp³-hybridized carbons (Fsp3) is 0.353. The number of rotatable bonds is 8. The second kappa shape index (κ2) is 9.77. The van der Waals surface area contributed by atoms with Crippen LogP contribution in [0, 0.1) is 0 Å². The summed E-state index contributed by atoms with van der Waals surface area (Å²) in [5.74, 6) is -1.21. The molecule has 3 N–H and O–H groups in total. The van der Waals surface area contributed by atoms with Crippen molar-refractivity contribution in [1.82, 2.24) is 10.6 Å². The average molecular weight is 350 g/mol. The van der Waals surface area contributed by atoms with Crippen LogP contribution in [-0.2, 0) is 20.1 Å². The minimum absolute atomic E-state index is 0.0850. The minimum atomic E-state index is -1.11. The molecule has 0 aromatic heterocycles. The SMILES string of the molecule is CC(=O)NC(C(=O)NC(CSCc1ccccc1)C(=O)O)=C(C)C. The average Bonchev–Trinajstić information content (AvgIpc) is 2.51. The minimum Gasteiger partial charge on any atom is -0.480 e. The maximum absolute atomic E-state index is 12.2. The summed E-state index contributed by atoms with van der Waals surface area (Å²) in [6, 6.07) is 8.63. The lowest BCUT2D eigenvalue weighted by atomic mass is 10.2. The highest BCUT2D eigenvalue weighted by molar-refractivity contribution is 7.98. The van der Waals surface area contributed by atoms with Gasteiger partial charge in [-0.3, -0.25) is 9.59 Å². The number of benzene rings is 1. The Kier molecular flexibility index (Phi) is 8.05. The zero-order valence-electron chi connectivity index (χ0n) is 14.0. The van der Waals surface area contributed by atoms with Crippen LogP contribution in [0.2, 0.25) is 0 Å². The number of carbonyl (C=O) groups is 3. The summed E-state index contributed by atoms with van der Waals surface area (Å²) < 4.78 is 0. The molecule has 6 nitrogen and oxygen atoms in total. The van der Waals surface area contributed by atoms with Crippen LogP contribution < -0.4 is 10.6 Å². The number of carboxylic acid groups (broad SMARTS) is 1. The van der Waals surface area contributed by atoms with Crippen molar-refractivity contribution < 1.29 is 19.5 Å². The Morgan fingerprint density at radius 3 is 2.25 bits per heavy atom. The molecule has 1 unspecified atom stereocenters. The van der Waals surface area contributed by atoms with Crippen molar-refractivity contribution in [1.29, 1.82) is 0 Å². The van der Waals surface area contributed by atoms with E-state index in [0.29, 0.717) is 11.3 Å². The monoisotopic (exact) mass is 350 g/mol. The lowest BCUT2D eigenvalue weighted by Crippen LogP contribution is -2.45. The number of aliphatic carboxylic acids is 1. The number of carboxylic acids is 1. The molecule has 0 bridgehead atoms. The molecule has 0 aliphatic carbocycles. The third-order valence-electron chi connectivity index (χ3n) is 3.03. The van der Waals surface area contributed by atoms with Crippen molar-refractivity contribution in [2.45, 2.75) is 32.6 Å². The number of allylic oxidation sites excluding steroid dienone is 1. The van der Waals surface area contributed by atoms with Gasteiger partial charge in [0.05, 0.1) is 0 Å². The summed E-state index contributed by atoms with van der Waals surface area (Å²) in [6.07, 6.45) is 0. The molecule has 1 atom stereocenters. The van der Waals surface area contributed by atoms with Crippen LogP contribution in [0.4, 0.5) is 0 Å². The number of carbonyl (C=O) groups excluding carboxylic acids is 2. The maximum atomic E-state index is 12.2. The molecular formula is C17H22N2O4S. The Bertz CT molecular complexity index is 625. The molecule has 2 amide bonds. The van der Waals surface area contributed by atoms with Crippen LogP contribution in [0.5, 0.6) is 0 Å². The predicted octanol–water partition coefficient (Wildman–Crippen LogP) is 1.92. The molecular weight excluding hydrogens is 328 g/mol. The Balaban J connectivity index is 2.65. The molecule has 0 radical (unpaired) electrons. The van der Waals surface area contributed by atoms with Gasteiger partial charge >= 0.3 is 5.97 Å². The van der Waals surface area contributed by atoms with E-state index in [1.165, 1.54) is 18.7 Å². The van der Waals surface area contributed by atoms with Crippen LogP contribution in [0.15, 0.2) is 41.6 Å². The van der Waals surface area contributed by atoms with Gasteiger partial charge in [0.15, 0.2) is 0 Å². The van der Waals surface area contributed by atoms with Gasteiger partial charge in [-0.05, 0) is 25.0 Å². The lowest BCUT2D eigenvalue weighted by molar-refractivity contribution is -0.140. The summed E-state index contributed by atoms with van der Waals surface area (Å²) in [6.45, 7) is 4.64. The zero-order valence-corrected chi connectivity index (χ0v) is 14.8. The number of hydrogen-bond donors (Lipinski definition) is 3. The van der Waals surface area contributed by atoms with Crippen molar-refractivity contribution in [3.8, 4) is 0 Å². The van der Waals surface area contributed by atoms with Crippen molar-refractivity contribution in [3.63, 3.8) is 0 Å². The number of nitrogens with one attached hydrogen (secondary N) is 2. The second-order valence-electron chi connectivity index (χ2n) is 5.42. The highest BCUT2D eigenvalue weighted by atomic mass is 32.2. The highest BCUT2D eigenvalue weighted by Gasteiger charge is 2.22. The van der Waals surface area contributed by atoms with E-state index in [0.717, 1.165) is 5.56 Å². The molecule has 0 aliphatic heterocycles. The molecule has 1 aromatic rings. The van der Waals surface area contributed by atoms with Gasteiger partial charge in [-0.15, -0.1) is 0 Å². The van der Waals surface area contributed by atoms with Gasteiger partial charge in [0, 0.05) is 18.4 Å². The van der Waals surface area contributed by atoms with Crippen molar-refractivity contribution in [2.75, 3.05) is 5.75 Å². The molecule has 0 saturated carbocycles. The molecule has 0 heterocycles. The molecule has 24 heavy (non-hydrogen) atoms. The van der Waals surface area contributed by atoms with Gasteiger partial charge in [0.2, 0.25) is 5.91 Å². The van der Waals surface area contributed by atoms with Crippen LogP contribution in [0.1, 0.15) is 26.3 Å². The molecule has 0 saturated heterocycles. The number of hydrogen-bond acceptors (Lipinski definition) is 4. The smallest absolute Gasteiger partial charge is 0.327 e. The number of amides is 2. The predicted molar refractivity (Wildman–Crippen MR) is 94.4 cm³/mol. The summed E-state index contributed by atoms with van der Waals surface area (Å²) in [5.41, 5.74) is 1.77. The number of thioether (sulfide) groups is 1. The Labute approximate surface area is 145 Å². The first-order valence-corrected chi connectivity index (χ1v) is 8.57. The van der Waals surface area contributed by atoms with Crippen molar-refractivity contribution in [3.05, 3.63) is 47.2 Å². The third kappa shape index (κ3) is 6.87. The van der Waals surface area contributed by atoms with Crippen LogP contribution in [0.3, 0.4) is 0 Å². The van der Waals surface area contributed by atoms with Gasteiger partial charge in [0.1, 0.15) is 11.7 Å². The summed E-state index contributed by atoms with van der Waals surface area (Å²) in [7, 11) is 0. The van der Waals surface area contributed by atoms with E-state index in [-0.39, 0.29) is 17.4 Å². The molecule has 0 aliphatic rings. The molecule has 1 aromatic carbocycles. The van der Waals surface area contributed by atoms with Crippen LogP contribution in [0.25, 0.3) is 0 Å². The van der Waals surface area contributed by atoms with Gasteiger partial charge in [-0.2, -0.15) is 11.8 Å². The quantitative estimate of drug-likeness (QED) is 0.623. The molecule has 0 fully saturated rings. The first kappa shape index (κ1) is 19.8. The van der Waals surface area contributed by atoms with E-state index in [2.05, 4.69) is 10.6 Å². The van der Waals surface area contributed by atoms with Gasteiger partial charge in [-0.1, -0.05) is 30.3 Å². The van der Waals surface area contributed by atoms with E-state index in [1.54, 1.807) is 13.8 Å². The molecule has 7 heteroatoms. The van der Waals surface area contributed by atoms with E-state index in [9.17, 15) is 19.5 Å².